The van der Waals surface area contributed by atoms with Crippen molar-refractivity contribution < 1.29 is 0 Å². The third-order valence-electron chi connectivity index (χ3n) is 3.28. The van der Waals surface area contributed by atoms with Crippen LogP contribution < -0.4 is 10.6 Å². The van der Waals surface area contributed by atoms with Crippen molar-refractivity contribution in [2.75, 3.05) is 13.1 Å². The van der Waals surface area contributed by atoms with Crippen molar-refractivity contribution in [1.29, 1.82) is 0 Å². The first-order chi connectivity index (χ1) is 11.2. The highest BCUT2D eigenvalue weighted by molar-refractivity contribution is 7.09. The molecule has 2 heterocycles. The van der Waals surface area contributed by atoms with Crippen LogP contribution in [-0.4, -0.2) is 29.0 Å². The second-order valence-corrected chi connectivity index (χ2v) is 6.46. The summed E-state index contributed by atoms with van der Waals surface area (Å²) in [4.78, 5) is 13.6. The van der Waals surface area contributed by atoms with Gasteiger partial charge in [0.1, 0.15) is 5.01 Å². The predicted molar refractivity (Wildman–Crippen MR) is 97.0 cm³/mol. The predicted octanol–water partition coefficient (Wildman–Crippen LogP) is 2.96. The summed E-state index contributed by atoms with van der Waals surface area (Å²) in [5.41, 5.74) is 2.23. The molecule has 0 spiro atoms. The number of hydrogen-bond acceptors (Lipinski definition) is 4. The van der Waals surface area contributed by atoms with Gasteiger partial charge in [-0.2, -0.15) is 0 Å². The number of aromatic nitrogens is 2. The molecule has 0 amide bonds. The maximum Gasteiger partial charge on any atom is 0.191 e. The molecule has 0 saturated heterocycles. The van der Waals surface area contributed by atoms with Gasteiger partial charge in [-0.1, -0.05) is 19.9 Å². The molecule has 0 aromatic carbocycles. The third-order valence-corrected chi connectivity index (χ3v) is 4.13. The fourth-order valence-electron chi connectivity index (χ4n) is 2.01. The maximum absolute atomic E-state index is 4.62. The first-order valence-corrected chi connectivity index (χ1v) is 8.93. The molecule has 2 aromatic heterocycles. The minimum absolute atomic E-state index is 0.466. The molecule has 0 unspecified atom stereocenters. The van der Waals surface area contributed by atoms with E-state index in [2.05, 4.69) is 51.7 Å². The topological polar surface area (TPSA) is 62.2 Å². The lowest BCUT2D eigenvalue weighted by Crippen LogP contribution is -2.38. The molecule has 0 aliphatic carbocycles. The Kier molecular flexibility index (Phi) is 7.00. The van der Waals surface area contributed by atoms with E-state index in [0.29, 0.717) is 12.5 Å². The highest BCUT2D eigenvalue weighted by Gasteiger charge is 2.05. The Balaban J connectivity index is 1.86. The van der Waals surface area contributed by atoms with Crippen molar-refractivity contribution in [3.8, 4) is 0 Å². The normalized spacial score (nSPS) is 11.7. The molecule has 2 aromatic rings. The van der Waals surface area contributed by atoms with E-state index < -0.39 is 0 Å². The van der Waals surface area contributed by atoms with E-state index in [1.165, 1.54) is 0 Å². The van der Waals surface area contributed by atoms with Gasteiger partial charge in [-0.3, -0.25) is 4.98 Å². The summed E-state index contributed by atoms with van der Waals surface area (Å²) in [5, 5.41) is 9.78. The highest BCUT2D eigenvalue weighted by Crippen LogP contribution is 2.18. The van der Waals surface area contributed by atoms with Gasteiger partial charge in [-0.05, 0) is 25.0 Å². The average Bonchev–Trinajstić information content (AvgIpc) is 3.03. The Morgan fingerprint density at radius 2 is 2.17 bits per heavy atom. The summed E-state index contributed by atoms with van der Waals surface area (Å²) in [7, 11) is 0. The smallest absolute Gasteiger partial charge is 0.191 e. The molecular formula is C17H25N5S. The van der Waals surface area contributed by atoms with Crippen LogP contribution in [0.4, 0.5) is 0 Å². The largest absolute Gasteiger partial charge is 0.357 e. The van der Waals surface area contributed by atoms with Gasteiger partial charge in [-0.15, -0.1) is 11.3 Å². The number of pyridine rings is 1. The first kappa shape index (κ1) is 17.4. The van der Waals surface area contributed by atoms with Gasteiger partial charge in [-0.25, -0.2) is 9.98 Å². The van der Waals surface area contributed by atoms with Crippen molar-refractivity contribution >= 4 is 17.3 Å². The molecule has 0 atom stereocenters. The molecule has 0 saturated carbocycles. The first-order valence-electron chi connectivity index (χ1n) is 8.05. The van der Waals surface area contributed by atoms with Crippen LogP contribution in [0, 0.1) is 0 Å². The molecule has 6 heteroatoms. The monoisotopic (exact) mass is 331 g/mol. The molecule has 2 rings (SSSR count). The van der Waals surface area contributed by atoms with Gasteiger partial charge < -0.3 is 10.6 Å². The fraction of sp³-hybridized carbons (Fsp3) is 0.471. The Bertz CT molecular complexity index is 606. The number of guanidine groups is 1. The molecule has 0 aliphatic heterocycles. The van der Waals surface area contributed by atoms with Crippen molar-refractivity contribution in [2.24, 2.45) is 4.99 Å². The van der Waals surface area contributed by atoms with Crippen LogP contribution in [0.3, 0.4) is 0 Å². The van der Waals surface area contributed by atoms with E-state index in [1.54, 1.807) is 11.3 Å². The van der Waals surface area contributed by atoms with Gasteiger partial charge in [0.05, 0.1) is 12.2 Å². The summed E-state index contributed by atoms with van der Waals surface area (Å²) in [6, 6.07) is 5.98. The fourth-order valence-corrected chi connectivity index (χ4v) is 2.89. The van der Waals surface area contributed by atoms with E-state index in [4.69, 9.17) is 0 Å². The zero-order valence-electron chi connectivity index (χ0n) is 14.0. The molecule has 0 radical (unpaired) electrons. The quantitative estimate of drug-likeness (QED) is 0.605. The Labute approximate surface area is 142 Å². The maximum atomic E-state index is 4.62. The van der Waals surface area contributed by atoms with Crippen molar-refractivity contribution in [3.05, 3.63) is 46.2 Å². The number of nitrogens with zero attached hydrogens (tertiary/aromatic N) is 3. The van der Waals surface area contributed by atoms with Gasteiger partial charge >= 0.3 is 0 Å². The Morgan fingerprint density at radius 1 is 1.30 bits per heavy atom. The highest BCUT2D eigenvalue weighted by atomic mass is 32.1. The summed E-state index contributed by atoms with van der Waals surface area (Å²) in [6.45, 7) is 8.63. The zero-order valence-corrected chi connectivity index (χ0v) is 14.9. The molecule has 0 bridgehead atoms. The molecule has 0 aliphatic rings. The number of aliphatic imine (C=N–C) groups is 1. The van der Waals surface area contributed by atoms with Crippen LogP contribution in [0.2, 0.25) is 0 Å². The number of thiazole rings is 1. The molecule has 0 fully saturated rings. The molecular weight excluding hydrogens is 306 g/mol. The van der Waals surface area contributed by atoms with Gasteiger partial charge in [0.15, 0.2) is 5.96 Å². The number of hydrogen-bond donors (Lipinski definition) is 2. The van der Waals surface area contributed by atoms with Crippen molar-refractivity contribution in [3.63, 3.8) is 0 Å². The minimum Gasteiger partial charge on any atom is -0.357 e. The van der Waals surface area contributed by atoms with E-state index in [1.807, 2.05) is 24.4 Å². The summed E-state index contributed by atoms with van der Waals surface area (Å²) in [5.74, 6) is 1.29. The minimum atomic E-state index is 0.466. The van der Waals surface area contributed by atoms with E-state index >= 15 is 0 Å². The van der Waals surface area contributed by atoms with Crippen molar-refractivity contribution in [1.82, 2.24) is 20.6 Å². The van der Waals surface area contributed by atoms with Crippen molar-refractivity contribution in [2.45, 2.75) is 39.7 Å². The Hall–Kier alpha value is -1.95. The lowest BCUT2D eigenvalue weighted by molar-refractivity contribution is 0.784. The molecule has 124 valence electrons. The number of nitrogens with one attached hydrogen (secondary N) is 2. The second-order valence-electron chi connectivity index (χ2n) is 5.51. The van der Waals surface area contributed by atoms with Gasteiger partial charge in [0.2, 0.25) is 0 Å². The van der Waals surface area contributed by atoms with Gasteiger partial charge in [0, 0.05) is 36.8 Å². The van der Waals surface area contributed by atoms with E-state index in [0.717, 1.165) is 41.9 Å². The number of rotatable bonds is 7. The summed E-state index contributed by atoms with van der Waals surface area (Å²) >= 11 is 1.67. The van der Waals surface area contributed by atoms with Crippen LogP contribution in [0.25, 0.3) is 0 Å². The van der Waals surface area contributed by atoms with E-state index in [9.17, 15) is 0 Å². The second kappa shape index (κ2) is 9.25. The van der Waals surface area contributed by atoms with Crippen LogP contribution in [-0.2, 0) is 13.0 Å². The zero-order chi connectivity index (χ0) is 16.5. The lowest BCUT2D eigenvalue weighted by atomic mass is 10.2. The SMILES string of the molecule is CCNC(=NCc1nc(C(C)C)cs1)NCCc1ccccn1. The average molecular weight is 331 g/mol. The van der Waals surface area contributed by atoms with E-state index in [-0.39, 0.29) is 0 Å². The summed E-state index contributed by atoms with van der Waals surface area (Å²) < 4.78 is 0. The van der Waals surface area contributed by atoms with Crippen LogP contribution in [0.5, 0.6) is 0 Å². The molecule has 5 nitrogen and oxygen atoms in total. The third kappa shape index (κ3) is 5.98. The molecule has 23 heavy (non-hydrogen) atoms. The standard InChI is InChI=1S/C17H25N5S/c1-4-18-17(20-10-8-14-7-5-6-9-19-14)21-11-16-22-15(12-23-16)13(2)3/h5-7,9,12-13H,4,8,10-11H2,1-3H3,(H2,18,20,21). The Morgan fingerprint density at radius 3 is 2.83 bits per heavy atom. The molecule has 2 N–H and O–H groups in total. The van der Waals surface area contributed by atoms with Crippen LogP contribution >= 0.6 is 11.3 Å². The summed E-state index contributed by atoms with van der Waals surface area (Å²) in [6.07, 6.45) is 2.70. The van der Waals surface area contributed by atoms with Crippen LogP contribution in [0.1, 0.15) is 43.1 Å². The van der Waals surface area contributed by atoms with Gasteiger partial charge in [0.25, 0.3) is 0 Å². The van der Waals surface area contributed by atoms with Crippen LogP contribution in [0.15, 0.2) is 34.8 Å². The lowest BCUT2D eigenvalue weighted by Gasteiger charge is -2.10.